The van der Waals surface area contributed by atoms with Crippen molar-refractivity contribution in [1.29, 1.82) is 0 Å². The van der Waals surface area contributed by atoms with Gasteiger partial charge in [-0.2, -0.15) is 5.10 Å². The van der Waals surface area contributed by atoms with Crippen molar-refractivity contribution in [3.63, 3.8) is 0 Å². The number of ether oxygens (including phenoxy) is 2. The van der Waals surface area contributed by atoms with Gasteiger partial charge in [0.05, 0.1) is 25.1 Å². The van der Waals surface area contributed by atoms with Crippen molar-refractivity contribution in [3.05, 3.63) is 36.3 Å². The average Bonchev–Trinajstić information content (AvgIpc) is 3.61. The summed E-state index contributed by atoms with van der Waals surface area (Å²) in [5.74, 6) is 1.45. The van der Waals surface area contributed by atoms with E-state index in [1.165, 1.54) is 24.1 Å². The highest BCUT2D eigenvalue weighted by Gasteiger charge is 2.43. The van der Waals surface area contributed by atoms with Crippen molar-refractivity contribution in [2.45, 2.75) is 77.5 Å². The van der Waals surface area contributed by atoms with Gasteiger partial charge in [0.25, 0.3) is 0 Å². The van der Waals surface area contributed by atoms with Crippen LogP contribution in [0.3, 0.4) is 0 Å². The summed E-state index contributed by atoms with van der Waals surface area (Å²) in [5.41, 5.74) is 3.68. The number of hydrogen-bond acceptors (Lipinski definition) is 6. The second kappa shape index (κ2) is 8.14. The molecule has 2 aromatic rings. The van der Waals surface area contributed by atoms with Crippen LogP contribution in [0.1, 0.15) is 70.9 Å². The van der Waals surface area contributed by atoms with E-state index in [1.54, 1.807) is 0 Å². The molecule has 166 valence electrons. The highest BCUT2D eigenvalue weighted by atomic mass is 16.7. The number of rotatable bonds is 5. The third-order valence-corrected chi connectivity index (χ3v) is 7.07. The van der Waals surface area contributed by atoms with Gasteiger partial charge in [0, 0.05) is 40.1 Å². The molecule has 0 amide bonds. The highest BCUT2D eigenvalue weighted by molar-refractivity contribution is 5.68. The lowest BCUT2D eigenvalue weighted by molar-refractivity contribution is -0.271. The molecule has 0 spiro atoms. The monoisotopic (exact) mass is 422 g/mol. The van der Waals surface area contributed by atoms with Crippen molar-refractivity contribution in [1.82, 2.24) is 15.2 Å². The molecule has 0 unspecified atom stereocenters. The zero-order chi connectivity index (χ0) is 21.5. The van der Waals surface area contributed by atoms with Gasteiger partial charge in [-0.15, -0.1) is 5.10 Å². The summed E-state index contributed by atoms with van der Waals surface area (Å²) in [6.45, 7) is 8.25. The van der Waals surface area contributed by atoms with Crippen LogP contribution in [0.25, 0.3) is 11.1 Å². The molecule has 1 saturated heterocycles. The molecule has 0 atom stereocenters. The summed E-state index contributed by atoms with van der Waals surface area (Å²) in [6.07, 6.45) is 10.5. The molecule has 2 aromatic heterocycles. The van der Waals surface area contributed by atoms with Crippen LogP contribution in [0.2, 0.25) is 0 Å². The van der Waals surface area contributed by atoms with E-state index in [0.29, 0.717) is 12.0 Å². The predicted molar refractivity (Wildman–Crippen MR) is 121 cm³/mol. The van der Waals surface area contributed by atoms with Gasteiger partial charge in [-0.05, 0) is 50.7 Å². The Kier molecular flexibility index (Phi) is 5.47. The van der Waals surface area contributed by atoms with Crippen LogP contribution in [0.4, 0.5) is 5.82 Å². The van der Waals surface area contributed by atoms with Gasteiger partial charge in [-0.25, -0.2) is 0 Å². The molecule has 6 nitrogen and oxygen atoms in total. The lowest BCUT2D eigenvalue weighted by atomic mass is 9.73. The standard InChI is InChI=1S/C25H34N4O2/c1-24(2)15-30-23(31-16-24)25(3)10-8-19(9-11-25)28-21-13-18(14-27-29-21)20-5-4-12-26-22(20)17-6-7-17/h4-5,12-14,17,19,23H,6-11,15-16H2,1-3H3,(H,28,29). The maximum absolute atomic E-state index is 6.12. The molecule has 5 rings (SSSR count). The SMILES string of the molecule is CC1(C)COC(C2(C)CCC(Nc3cc(-c4cccnc4C4CC4)cnn3)CC2)OC1. The molecular formula is C25H34N4O2. The molecule has 1 aliphatic heterocycles. The number of hydrogen-bond donors (Lipinski definition) is 1. The fourth-order valence-electron chi connectivity index (χ4n) is 4.89. The van der Waals surface area contributed by atoms with Crippen molar-refractivity contribution in [2.24, 2.45) is 10.8 Å². The van der Waals surface area contributed by atoms with Crippen molar-refractivity contribution in [3.8, 4) is 11.1 Å². The number of anilines is 1. The molecule has 3 aliphatic rings. The molecule has 2 aliphatic carbocycles. The topological polar surface area (TPSA) is 69.2 Å². The minimum Gasteiger partial charge on any atom is -0.366 e. The van der Waals surface area contributed by atoms with Crippen molar-refractivity contribution < 1.29 is 9.47 Å². The second-order valence-electron chi connectivity index (χ2n) is 10.7. The van der Waals surface area contributed by atoms with Crippen LogP contribution in [0.5, 0.6) is 0 Å². The van der Waals surface area contributed by atoms with Gasteiger partial charge in [-0.3, -0.25) is 4.98 Å². The van der Waals surface area contributed by atoms with Gasteiger partial charge in [0.2, 0.25) is 0 Å². The second-order valence-corrected chi connectivity index (χ2v) is 10.7. The van der Waals surface area contributed by atoms with Crippen LogP contribution in [0.15, 0.2) is 30.6 Å². The summed E-state index contributed by atoms with van der Waals surface area (Å²) >= 11 is 0. The zero-order valence-corrected chi connectivity index (χ0v) is 18.9. The average molecular weight is 423 g/mol. The number of nitrogens with one attached hydrogen (secondary N) is 1. The summed E-state index contributed by atoms with van der Waals surface area (Å²) in [6, 6.07) is 6.68. The van der Waals surface area contributed by atoms with E-state index in [9.17, 15) is 0 Å². The van der Waals surface area contributed by atoms with E-state index in [2.05, 4.69) is 53.4 Å². The van der Waals surface area contributed by atoms with Crippen LogP contribution in [-0.2, 0) is 9.47 Å². The summed E-state index contributed by atoms with van der Waals surface area (Å²) in [5, 5.41) is 12.3. The molecule has 31 heavy (non-hydrogen) atoms. The first-order valence-electron chi connectivity index (χ1n) is 11.7. The first-order valence-corrected chi connectivity index (χ1v) is 11.7. The van der Waals surface area contributed by atoms with E-state index in [0.717, 1.165) is 50.3 Å². The van der Waals surface area contributed by atoms with Crippen molar-refractivity contribution in [2.75, 3.05) is 18.5 Å². The smallest absolute Gasteiger partial charge is 0.162 e. The van der Waals surface area contributed by atoms with E-state index in [-0.39, 0.29) is 17.1 Å². The summed E-state index contributed by atoms with van der Waals surface area (Å²) in [7, 11) is 0. The Morgan fingerprint density at radius 1 is 1.03 bits per heavy atom. The van der Waals surface area contributed by atoms with Crippen LogP contribution < -0.4 is 5.32 Å². The molecule has 3 fully saturated rings. The fraction of sp³-hybridized carbons (Fsp3) is 0.640. The number of pyridine rings is 1. The van der Waals surface area contributed by atoms with Crippen LogP contribution in [-0.4, -0.2) is 40.7 Å². The van der Waals surface area contributed by atoms with E-state index < -0.39 is 0 Å². The van der Waals surface area contributed by atoms with Gasteiger partial charge in [0.15, 0.2) is 6.29 Å². The Balaban J connectivity index is 1.22. The maximum Gasteiger partial charge on any atom is 0.162 e. The Morgan fingerprint density at radius 3 is 2.48 bits per heavy atom. The molecule has 0 bridgehead atoms. The molecule has 6 heteroatoms. The van der Waals surface area contributed by atoms with Crippen LogP contribution >= 0.6 is 0 Å². The minimum atomic E-state index is -0.0870. The van der Waals surface area contributed by atoms with Gasteiger partial charge < -0.3 is 14.8 Å². The maximum atomic E-state index is 6.12. The first kappa shape index (κ1) is 20.8. The van der Waals surface area contributed by atoms with E-state index >= 15 is 0 Å². The lowest BCUT2D eigenvalue weighted by Crippen LogP contribution is -2.48. The Hall–Kier alpha value is -2.05. The van der Waals surface area contributed by atoms with Crippen molar-refractivity contribution >= 4 is 5.82 Å². The Bertz CT molecular complexity index is 909. The molecular weight excluding hydrogens is 388 g/mol. The highest BCUT2D eigenvalue weighted by Crippen LogP contribution is 2.44. The minimum absolute atomic E-state index is 0.0804. The zero-order valence-electron chi connectivity index (χ0n) is 18.9. The van der Waals surface area contributed by atoms with Crippen LogP contribution in [0, 0.1) is 10.8 Å². The third-order valence-electron chi connectivity index (χ3n) is 7.07. The summed E-state index contributed by atoms with van der Waals surface area (Å²) in [4.78, 5) is 4.64. The predicted octanol–water partition coefficient (Wildman–Crippen LogP) is 5.18. The van der Waals surface area contributed by atoms with E-state index in [4.69, 9.17) is 9.47 Å². The fourth-order valence-corrected chi connectivity index (χ4v) is 4.89. The molecule has 1 N–H and O–H groups in total. The molecule has 0 radical (unpaired) electrons. The molecule has 0 aromatic carbocycles. The lowest BCUT2D eigenvalue weighted by Gasteiger charge is -2.46. The first-order chi connectivity index (χ1) is 14.9. The quantitative estimate of drug-likeness (QED) is 0.716. The Morgan fingerprint density at radius 2 is 1.77 bits per heavy atom. The Labute approximate surface area is 185 Å². The van der Waals surface area contributed by atoms with Gasteiger partial charge >= 0.3 is 0 Å². The largest absolute Gasteiger partial charge is 0.366 e. The van der Waals surface area contributed by atoms with Gasteiger partial charge in [-0.1, -0.05) is 26.8 Å². The number of aromatic nitrogens is 3. The summed E-state index contributed by atoms with van der Waals surface area (Å²) < 4.78 is 12.2. The third kappa shape index (κ3) is 4.60. The molecule has 2 saturated carbocycles. The number of nitrogens with zero attached hydrogens (tertiary/aromatic N) is 3. The van der Waals surface area contributed by atoms with Gasteiger partial charge in [0.1, 0.15) is 5.82 Å². The van der Waals surface area contributed by atoms with E-state index in [1.807, 2.05) is 18.5 Å². The molecule has 3 heterocycles. The normalized spacial score (nSPS) is 28.9.